The maximum Gasteiger partial charge on any atom is 0.0702 e. The normalized spacial score (nSPS) is 11.7. The van der Waals surface area contributed by atoms with Crippen molar-refractivity contribution in [1.29, 1.82) is 0 Å². The van der Waals surface area contributed by atoms with Gasteiger partial charge < -0.3 is 0 Å². The van der Waals surface area contributed by atoms with Gasteiger partial charge in [-0.25, -0.2) is 0 Å². The average molecular weight is 572 g/mol. The highest BCUT2D eigenvalue weighted by Crippen LogP contribution is 2.51. The highest BCUT2D eigenvalue weighted by Gasteiger charge is 2.24. The van der Waals surface area contributed by atoms with Gasteiger partial charge in [0.05, 0.1) is 5.69 Å². The molecule has 0 N–H and O–H groups in total. The van der Waals surface area contributed by atoms with E-state index in [1.165, 1.54) is 82.7 Å². The SMILES string of the molecule is Cc1cccc2cccc(-c3ccccc3-c3cc(-c4ccccn4)cc(-c4cccc5c4-c4cccc6cccc-5c46)c3)c12. The first-order chi connectivity index (χ1) is 22.2. The second kappa shape index (κ2) is 10.1. The minimum atomic E-state index is 0.969. The minimum Gasteiger partial charge on any atom is -0.256 e. The molecule has 1 nitrogen and oxygen atoms in total. The Kier molecular flexibility index (Phi) is 5.79. The predicted octanol–water partition coefficient (Wildman–Crippen LogP) is 12.0. The Morgan fingerprint density at radius 2 is 0.911 bits per heavy atom. The Balaban J connectivity index is 1.32. The lowest BCUT2D eigenvalue weighted by Crippen LogP contribution is -1.92. The van der Waals surface area contributed by atoms with Crippen LogP contribution in [-0.4, -0.2) is 4.98 Å². The van der Waals surface area contributed by atoms with Crippen LogP contribution in [0.5, 0.6) is 0 Å². The van der Waals surface area contributed by atoms with Crippen LogP contribution < -0.4 is 0 Å². The highest BCUT2D eigenvalue weighted by molar-refractivity contribution is 6.18. The molecule has 1 heterocycles. The largest absolute Gasteiger partial charge is 0.256 e. The van der Waals surface area contributed by atoms with Crippen LogP contribution in [0, 0.1) is 6.92 Å². The Labute approximate surface area is 263 Å². The molecule has 1 heteroatoms. The first-order valence-corrected chi connectivity index (χ1v) is 15.5. The van der Waals surface area contributed by atoms with E-state index >= 15 is 0 Å². The molecular weight excluding hydrogens is 542 g/mol. The van der Waals surface area contributed by atoms with Crippen molar-refractivity contribution in [2.45, 2.75) is 6.92 Å². The van der Waals surface area contributed by atoms with Gasteiger partial charge in [0.1, 0.15) is 0 Å². The Morgan fingerprint density at radius 1 is 0.378 bits per heavy atom. The average Bonchev–Trinajstić information content (AvgIpc) is 3.44. The van der Waals surface area contributed by atoms with Crippen LogP contribution in [0.3, 0.4) is 0 Å². The number of nitrogens with zero attached hydrogens (tertiary/aromatic N) is 1. The fourth-order valence-corrected chi connectivity index (χ4v) is 7.42. The molecule has 0 unspecified atom stereocenters. The summed E-state index contributed by atoms with van der Waals surface area (Å²) in [5.41, 5.74) is 15.9. The molecule has 0 aliphatic heterocycles. The van der Waals surface area contributed by atoms with Crippen LogP contribution in [0.15, 0.2) is 158 Å². The minimum absolute atomic E-state index is 0.969. The summed E-state index contributed by atoms with van der Waals surface area (Å²) in [6.07, 6.45) is 1.88. The van der Waals surface area contributed by atoms with Crippen LogP contribution in [0.25, 0.3) is 88.4 Å². The molecule has 45 heavy (non-hydrogen) atoms. The first kappa shape index (κ1) is 25.7. The van der Waals surface area contributed by atoms with Gasteiger partial charge in [0.15, 0.2) is 0 Å². The smallest absolute Gasteiger partial charge is 0.0702 e. The predicted molar refractivity (Wildman–Crippen MR) is 190 cm³/mol. The molecular formula is C44H29N. The third-order valence-electron chi connectivity index (χ3n) is 9.37. The molecule has 1 aliphatic carbocycles. The molecule has 8 aromatic rings. The van der Waals surface area contributed by atoms with Crippen LogP contribution in [0.4, 0.5) is 0 Å². The number of fused-ring (bicyclic) bond motifs is 4. The summed E-state index contributed by atoms with van der Waals surface area (Å²) in [4.78, 5) is 4.79. The second-order valence-corrected chi connectivity index (χ2v) is 12.0. The maximum atomic E-state index is 4.79. The molecule has 7 aromatic carbocycles. The van der Waals surface area contributed by atoms with E-state index in [2.05, 4.69) is 153 Å². The van der Waals surface area contributed by atoms with Crippen LogP contribution in [-0.2, 0) is 0 Å². The van der Waals surface area contributed by atoms with Crippen molar-refractivity contribution >= 4 is 21.5 Å². The van der Waals surface area contributed by atoms with Gasteiger partial charge >= 0.3 is 0 Å². The number of aromatic nitrogens is 1. The van der Waals surface area contributed by atoms with Gasteiger partial charge in [0.2, 0.25) is 0 Å². The summed E-state index contributed by atoms with van der Waals surface area (Å²) in [7, 11) is 0. The molecule has 0 bridgehead atoms. The number of hydrogen-bond donors (Lipinski definition) is 0. The summed E-state index contributed by atoms with van der Waals surface area (Å²) >= 11 is 0. The van der Waals surface area contributed by atoms with Crippen molar-refractivity contribution in [3.63, 3.8) is 0 Å². The monoisotopic (exact) mass is 571 g/mol. The molecule has 0 saturated carbocycles. The Bertz CT molecular complexity index is 2420. The van der Waals surface area contributed by atoms with E-state index < -0.39 is 0 Å². The summed E-state index contributed by atoms with van der Waals surface area (Å²) < 4.78 is 0. The standard InChI is InChI=1S/C44H29N/c1-28-11-6-12-29-13-7-19-37(42(28)29)36-17-3-2-16-34(36)31-25-32(27-33(26-31)41-23-4-5-24-45-41)35-18-10-21-39-38-20-8-14-30-15-9-22-40(43(30)38)44(35)39/h2-27H,1H3. The Hall–Kier alpha value is -5.79. The van der Waals surface area contributed by atoms with Gasteiger partial charge in [0, 0.05) is 11.8 Å². The molecule has 1 aliphatic rings. The van der Waals surface area contributed by atoms with Crippen molar-refractivity contribution in [3.8, 4) is 66.9 Å². The number of rotatable bonds is 4. The topological polar surface area (TPSA) is 12.9 Å². The zero-order valence-electron chi connectivity index (χ0n) is 25.0. The lowest BCUT2D eigenvalue weighted by Gasteiger charge is -2.17. The van der Waals surface area contributed by atoms with Gasteiger partial charge in [-0.1, -0.05) is 121 Å². The van der Waals surface area contributed by atoms with Gasteiger partial charge in [-0.15, -0.1) is 0 Å². The van der Waals surface area contributed by atoms with Crippen LogP contribution >= 0.6 is 0 Å². The third-order valence-corrected chi connectivity index (χ3v) is 9.37. The van der Waals surface area contributed by atoms with E-state index in [1.807, 2.05) is 12.3 Å². The van der Waals surface area contributed by atoms with E-state index in [9.17, 15) is 0 Å². The van der Waals surface area contributed by atoms with Crippen LogP contribution in [0.2, 0.25) is 0 Å². The summed E-state index contributed by atoms with van der Waals surface area (Å²) in [5, 5.41) is 5.20. The van der Waals surface area contributed by atoms with E-state index in [4.69, 9.17) is 4.98 Å². The molecule has 0 radical (unpaired) electrons. The van der Waals surface area contributed by atoms with Gasteiger partial charge in [0.25, 0.3) is 0 Å². The lowest BCUT2D eigenvalue weighted by atomic mass is 9.86. The maximum absolute atomic E-state index is 4.79. The van der Waals surface area contributed by atoms with Crippen LogP contribution in [0.1, 0.15) is 5.56 Å². The van der Waals surface area contributed by atoms with Gasteiger partial charge in [-0.2, -0.15) is 0 Å². The van der Waals surface area contributed by atoms with Gasteiger partial charge in [-0.05, 0) is 120 Å². The summed E-state index contributed by atoms with van der Waals surface area (Å²) in [6.45, 7) is 2.21. The Morgan fingerprint density at radius 3 is 1.67 bits per heavy atom. The summed E-state index contributed by atoms with van der Waals surface area (Å²) in [5.74, 6) is 0. The molecule has 0 atom stereocenters. The fraction of sp³-hybridized carbons (Fsp3) is 0.0227. The van der Waals surface area contributed by atoms with E-state index in [-0.39, 0.29) is 0 Å². The van der Waals surface area contributed by atoms with Gasteiger partial charge in [-0.3, -0.25) is 4.98 Å². The zero-order chi connectivity index (χ0) is 29.9. The molecule has 0 saturated heterocycles. The molecule has 0 amide bonds. The number of hydrogen-bond acceptors (Lipinski definition) is 1. The number of benzene rings is 7. The van der Waals surface area contributed by atoms with Crippen molar-refractivity contribution in [2.75, 3.05) is 0 Å². The third kappa shape index (κ3) is 4.05. The quantitative estimate of drug-likeness (QED) is 0.205. The van der Waals surface area contributed by atoms with E-state index in [0.29, 0.717) is 0 Å². The highest BCUT2D eigenvalue weighted by atomic mass is 14.7. The molecule has 1 aromatic heterocycles. The number of aryl methyl sites for hydroxylation is 1. The lowest BCUT2D eigenvalue weighted by molar-refractivity contribution is 1.33. The molecule has 0 spiro atoms. The molecule has 210 valence electrons. The molecule has 0 fully saturated rings. The van der Waals surface area contributed by atoms with Crippen molar-refractivity contribution in [3.05, 3.63) is 163 Å². The zero-order valence-corrected chi connectivity index (χ0v) is 25.0. The van der Waals surface area contributed by atoms with Crippen molar-refractivity contribution in [2.24, 2.45) is 0 Å². The number of pyridine rings is 1. The fourth-order valence-electron chi connectivity index (χ4n) is 7.42. The van der Waals surface area contributed by atoms with Crippen molar-refractivity contribution < 1.29 is 0 Å². The van der Waals surface area contributed by atoms with E-state index in [1.54, 1.807) is 0 Å². The second-order valence-electron chi connectivity index (χ2n) is 12.0. The summed E-state index contributed by atoms with van der Waals surface area (Å²) in [6, 6.07) is 55.3. The van der Waals surface area contributed by atoms with E-state index in [0.717, 1.165) is 11.3 Å². The molecule has 9 rings (SSSR count). The van der Waals surface area contributed by atoms with Crippen molar-refractivity contribution in [1.82, 2.24) is 4.98 Å². The first-order valence-electron chi connectivity index (χ1n) is 15.5.